The molecule has 2 aliphatic rings. The van der Waals surface area contributed by atoms with Crippen molar-refractivity contribution in [3.63, 3.8) is 0 Å². The summed E-state index contributed by atoms with van der Waals surface area (Å²) in [6.07, 6.45) is 3.85. The Morgan fingerprint density at radius 1 is 1.03 bits per heavy atom. The van der Waals surface area contributed by atoms with Crippen LogP contribution in [0.4, 0.5) is 5.69 Å². The van der Waals surface area contributed by atoms with Gasteiger partial charge in [0.15, 0.2) is 0 Å². The maximum absolute atomic E-state index is 13.1. The molecule has 5 rings (SSSR count). The fourth-order valence-corrected chi connectivity index (χ4v) is 4.78. The van der Waals surface area contributed by atoms with Gasteiger partial charge in [-0.1, -0.05) is 6.07 Å². The summed E-state index contributed by atoms with van der Waals surface area (Å²) in [5.74, 6) is 0.968. The molecule has 1 N–H and O–H groups in total. The summed E-state index contributed by atoms with van der Waals surface area (Å²) in [6.45, 7) is 5.58. The number of likely N-dealkylation sites (tertiary alicyclic amines) is 1. The minimum Gasteiger partial charge on any atom is -0.497 e. The largest absolute Gasteiger partial charge is 0.497 e. The number of ether oxygens (including phenoxy) is 1. The summed E-state index contributed by atoms with van der Waals surface area (Å²) in [6, 6.07) is 16.4. The third-order valence-corrected chi connectivity index (χ3v) is 6.73. The molecule has 0 atom stereocenters. The molecule has 0 aliphatic carbocycles. The Balaban J connectivity index is 1.41. The molecule has 30 heavy (non-hydrogen) atoms. The van der Waals surface area contributed by atoms with Crippen molar-refractivity contribution in [1.82, 2.24) is 9.47 Å². The van der Waals surface area contributed by atoms with Gasteiger partial charge in [-0.3, -0.25) is 4.79 Å². The highest BCUT2D eigenvalue weighted by molar-refractivity contribution is 5.94. The predicted octanol–water partition coefficient (Wildman–Crippen LogP) is 4.66. The Kier molecular flexibility index (Phi) is 4.35. The zero-order valence-electron chi connectivity index (χ0n) is 17.7. The second-order valence-corrected chi connectivity index (χ2v) is 8.44. The van der Waals surface area contributed by atoms with Gasteiger partial charge in [0.2, 0.25) is 0 Å². The Morgan fingerprint density at radius 3 is 2.57 bits per heavy atom. The lowest BCUT2D eigenvalue weighted by Crippen LogP contribution is -2.51. The van der Waals surface area contributed by atoms with Gasteiger partial charge in [-0.05, 0) is 74.2 Å². The number of carbonyl (C=O) groups is 1. The number of aromatic nitrogens is 1. The van der Waals surface area contributed by atoms with Crippen LogP contribution in [-0.2, 0) is 5.54 Å². The lowest BCUT2D eigenvalue weighted by atomic mass is 9.82. The number of carbonyl (C=O) groups excluding carboxylic acids is 1. The van der Waals surface area contributed by atoms with Crippen molar-refractivity contribution in [1.29, 1.82) is 0 Å². The highest BCUT2D eigenvalue weighted by Crippen LogP contribution is 2.44. The monoisotopic (exact) mass is 401 g/mol. The van der Waals surface area contributed by atoms with E-state index in [1.165, 1.54) is 11.3 Å². The van der Waals surface area contributed by atoms with Crippen LogP contribution in [0, 0.1) is 13.8 Å². The average Bonchev–Trinajstić information content (AvgIpc) is 3.27. The molecule has 3 heterocycles. The van der Waals surface area contributed by atoms with Crippen molar-refractivity contribution < 1.29 is 9.53 Å². The van der Waals surface area contributed by atoms with Gasteiger partial charge in [0.1, 0.15) is 5.75 Å². The molecule has 1 amide bonds. The van der Waals surface area contributed by atoms with E-state index in [0.29, 0.717) is 0 Å². The van der Waals surface area contributed by atoms with E-state index >= 15 is 0 Å². The maximum Gasteiger partial charge on any atom is 0.253 e. The van der Waals surface area contributed by atoms with Gasteiger partial charge in [0, 0.05) is 36.6 Å². The van der Waals surface area contributed by atoms with Crippen LogP contribution in [0.5, 0.6) is 5.75 Å². The van der Waals surface area contributed by atoms with Crippen LogP contribution in [0.25, 0.3) is 5.69 Å². The minimum absolute atomic E-state index is 0.126. The fraction of sp³-hybridized carbons (Fsp3) is 0.320. The van der Waals surface area contributed by atoms with E-state index in [1.807, 2.05) is 29.2 Å². The van der Waals surface area contributed by atoms with Gasteiger partial charge in [0.05, 0.1) is 24.0 Å². The summed E-state index contributed by atoms with van der Waals surface area (Å²) in [4.78, 5) is 15.1. The molecule has 2 aliphatic heterocycles. The summed E-state index contributed by atoms with van der Waals surface area (Å²) < 4.78 is 7.71. The van der Waals surface area contributed by atoms with Gasteiger partial charge in [-0.2, -0.15) is 0 Å². The zero-order chi connectivity index (χ0) is 20.9. The number of nitrogens with zero attached hydrogens (tertiary/aromatic N) is 2. The quantitative estimate of drug-likeness (QED) is 0.679. The van der Waals surface area contributed by atoms with E-state index in [9.17, 15) is 4.79 Å². The summed E-state index contributed by atoms with van der Waals surface area (Å²) >= 11 is 0. The molecule has 1 fully saturated rings. The number of benzene rings is 2. The summed E-state index contributed by atoms with van der Waals surface area (Å²) in [5, 5.41) is 3.81. The average molecular weight is 402 g/mol. The lowest BCUT2D eigenvalue weighted by Gasteiger charge is -2.46. The van der Waals surface area contributed by atoms with Gasteiger partial charge < -0.3 is 19.5 Å². The summed E-state index contributed by atoms with van der Waals surface area (Å²) in [7, 11) is 1.69. The molecule has 3 aromatic rings. The number of methoxy groups -OCH3 is 1. The van der Waals surface area contributed by atoms with Crippen LogP contribution >= 0.6 is 0 Å². The first-order valence-corrected chi connectivity index (χ1v) is 10.5. The van der Waals surface area contributed by atoms with Gasteiger partial charge in [0.25, 0.3) is 5.91 Å². The SMILES string of the molecule is COc1ccc2c(c1)NC1(CCN(C(=O)c3ccc(C)c(C)c3)CC1)c1cccn1-2. The van der Waals surface area contributed by atoms with Crippen LogP contribution in [0.3, 0.4) is 0 Å². The van der Waals surface area contributed by atoms with Crippen molar-refractivity contribution in [2.45, 2.75) is 32.2 Å². The van der Waals surface area contributed by atoms with Crippen LogP contribution in [-0.4, -0.2) is 35.6 Å². The van der Waals surface area contributed by atoms with E-state index in [4.69, 9.17) is 4.74 Å². The van der Waals surface area contributed by atoms with Crippen molar-refractivity contribution in [3.05, 3.63) is 77.1 Å². The van der Waals surface area contributed by atoms with Gasteiger partial charge in [-0.25, -0.2) is 0 Å². The van der Waals surface area contributed by atoms with Gasteiger partial charge >= 0.3 is 0 Å². The van der Waals surface area contributed by atoms with Crippen molar-refractivity contribution in [2.24, 2.45) is 0 Å². The maximum atomic E-state index is 13.1. The molecule has 0 unspecified atom stereocenters. The molecule has 0 saturated carbocycles. The first-order chi connectivity index (χ1) is 14.5. The zero-order valence-corrected chi connectivity index (χ0v) is 17.7. The molecule has 1 spiro atoms. The molecular formula is C25H27N3O2. The first kappa shape index (κ1) is 18.8. The molecule has 0 radical (unpaired) electrons. The Morgan fingerprint density at radius 2 is 1.83 bits per heavy atom. The molecule has 0 bridgehead atoms. The summed E-state index contributed by atoms with van der Waals surface area (Å²) in [5.41, 5.74) is 6.45. The number of rotatable bonds is 2. The second-order valence-electron chi connectivity index (χ2n) is 8.44. The number of hydrogen-bond acceptors (Lipinski definition) is 3. The number of anilines is 1. The van der Waals surface area contributed by atoms with Crippen molar-refractivity contribution in [2.75, 3.05) is 25.5 Å². The fourth-order valence-electron chi connectivity index (χ4n) is 4.78. The van der Waals surface area contributed by atoms with Crippen LogP contribution in [0.2, 0.25) is 0 Å². The Bertz CT molecular complexity index is 1120. The number of hydrogen-bond donors (Lipinski definition) is 1. The highest BCUT2D eigenvalue weighted by Gasteiger charge is 2.42. The van der Waals surface area contributed by atoms with Crippen molar-refractivity contribution >= 4 is 11.6 Å². The minimum atomic E-state index is -0.178. The van der Waals surface area contributed by atoms with E-state index in [-0.39, 0.29) is 11.4 Å². The Hall–Kier alpha value is -3.21. The number of nitrogens with one attached hydrogen (secondary N) is 1. The molecule has 154 valence electrons. The van der Waals surface area contributed by atoms with E-state index in [1.54, 1.807) is 7.11 Å². The van der Waals surface area contributed by atoms with Gasteiger partial charge in [-0.15, -0.1) is 0 Å². The van der Waals surface area contributed by atoms with Crippen LogP contribution in [0.1, 0.15) is 40.0 Å². The Labute approximate surface area is 177 Å². The molecule has 5 heteroatoms. The molecule has 2 aromatic carbocycles. The molecular weight excluding hydrogens is 374 g/mol. The molecule has 1 aromatic heterocycles. The smallest absolute Gasteiger partial charge is 0.253 e. The first-order valence-electron chi connectivity index (χ1n) is 10.5. The standard InChI is InChI=1S/C25H27N3O2/c1-17-6-7-19(15-18(17)2)24(29)27-13-10-25(11-14-27)23-5-4-12-28(23)22-9-8-20(30-3)16-21(22)26-25/h4-9,12,15-16,26H,10-11,13-14H2,1-3H3. The number of fused-ring (bicyclic) bond motifs is 4. The number of amides is 1. The normalized spacial score (nSPS) is 16.6. The van der Waals surface area contributed by atoms with E-state index in [0.717, 1.165) is 54.2 Å². The highest BCUT2D eigenvalue weighted by atomic mass is 16.5. The van der Waals surface area contributed by atoms with Crippen molar-refractivity contribution in [3.8, 4) is 11.4 Å². The predicted molar refractivity (Wildman–Crippen MR) is 119 cm³/mol. The van der Waals surface area contributed by atoms with E-state index < -0.39 is 0 Å². The number of piperidine rings is 1. The number of aryl methyl sites for hydroxylation is 2. The van der Waals surface area contributed by atoms with Crippen LogP contribution < -0.4 is 10.1 Å². The van der Waals surface area contributed by atoms with Crippen LogP contribution in [0.15, 0.2) is 54.7 Å². The van der Waals surface area contributed by atoms with E-state index in [2.05, 4.69) is 54.2 Å². The molecule has 5 nitrogen and oxygen atoms in total. The third kappa shape index (κ3) is 2.88. The lowest BCUT2D eigenvalue weighted by molar-refractivity contribution is 0.0676. The molecule has 1 saturated heterocycles. The topological polar surface area (TPSA) is 46.5 Å². The second kappa shape index (κ2) is 6.94. The third-order valence-electron chi connectivity index (χ3n) is 6.73.